The van der Waals surface area contributed by atoms with Gasteiger partial charge in [-0.25, -0.2) is 0 Å². The van der Waals surface area contributed by atoms with Gasteiger partial charge in [-0.3, -0.25) is 9.59 Å². The van der Waals surface area contributed by atoms with Crippen LogP contribution in [0.25, 0.3) is 0 Å². The van der Waals surface area contributed by atoms with E-state index in [-0.39, 0.29) is 11.8 Å². The monoisotopic (exact) mass is 446 g/mol. The van der Waals surface area contributed by atoms with E-state index in [1.807, 2.05) is 32.0 Å². The summed E-state index contributed by atoms with van der Waals surface area (Å²) < 4.78 is 0. The topological polar surface area (TPSA) is 49.4 Å². The predicted octanol–water partition coefficient (Wildman–Crippen LogP) is 5.07. The zero-order valence-electron chi connectivity index (χ0n) is 18.2. The highest BCUT2D eigenvalue weighted by Gasteiger charge is 2.26. The molecule has 0 saturated carbocycles. The second-order valence-electron chi connectivity index (χ2n) is 7.94. The quantitative estimate of drug-likeness (QED) is 0.554. The second-order valence-corrected chi connectivity index (χ2v) is 9.37. The number of nitrogens with one attached hydrogen (secondary N) is 1. The van der Waals surface area contributed by atoms with Crippen molar-refractivity contribution in [3.8, 4) is 0 Å². The van der Waals surface area contributed by atoms with E-state index < -0.39 is 6.04 Å². The maximum Gasteiger partial charge on any atom is 0.242 e. The van der Waals surface area contributed by atoms with E-state index >= 15 is 0 Å². The molecule has 0 aliphatic heterocycles. The van der Waals surface area contributed by atoms with Crippen LogP contribution in [0.3, 0.4) is 0 Å². The molecule has 0 bridgehead atoms. The molecular weight excluding hydrogens is 416 g/mol. The first kappa shape index (κ1) is 24.3. The number of amides is 2. The van der Waals surface area contributed by atoms with Gasteiger partial charge in [0.05, 0.1) is 5.75 Å². The number of halogens is 1. The average Bonchev–Trinajstić information content (AvgIpc) is 2.71. The number of nitrogens with zero attached hydrogens (tertiary/aromatic N) is 1. The van der Waals surface area contributed by atoms with Gasteiger partial charge in [0.15, 0.2) is 0 Å². The Labute approximate surface area is 189 Å². The number of hydrogen-bond acceptors (Lipinski definition) is 3. The third-order valence-electron chi connectivity index (χ3n) is 4.71. The van der Waals surface area contributed by atoms with Crippen molar-refractivity contribution in [2.24, 2.45) is 5.92 Å². The van der Waals surface area contributed by atoms with Gasteiger partial charge in [-0.15, -0.1) is 11.8 Å². The first-order valence-electron chi connectivity index (χ1n) is 10.2. The molecule has 0 aliphatic carbocycles. The summed E-state index contributed by atoms with van der Waals surface area (Å²) in [5.74, 6) is 1.23. The van der Waals surface area contributed by atoms with E-state index in [0.717, 1.165) is 11.3 Å². The molecule has 6 heteroatoms. The van der Waals surface area contributed by atoms with E-state index in [4.69, 9.17) is 11.6 Å². The van der Waals surface area contributed by atoms with Crippen molar-refractivity contribution < 1.29 is 9.59 Å². The van der Waals surface area contributed by atoms with E-state index in [2.05, 4.69) is 36.5 Å². The fourth-order valence-electron chi connectivity index (χ4n) is 2.89. The van der Waals surface area contributed by atoms with Crippen molar-refractivity contribution in [1.82, 2.24) is 10.2 Å². The van der Waals surface area contributed by atoms with Crippen LogP contribution < -0.4 is 5.32 Å². The van der Waals surface area contributed by atoms with Crippen molar-refractivity contribution in [2.75, 3.05) is 12.3 Å². The van der Waals surface area contributed by atoms with Crippen molar-refractivity contribution in [2.45, 2.75) is 46.0 Å². The predicted molar refractivity (Wildman–Crippen MR) is 127 cm³/mol. The van der Waals surface area contributed by atoms with Crippen LogP contribution in [0.1, 0.15) is 37.5 Å². The molecule has 30 heavy (non-hydrogen) atoms. The number of hydrogen-bond donors (Lipinski definition) is 1. The van der Waals surface area contributed by atoms with Crippen LogP contribution in [0.2, 0.25) is 5.02 Å². The van der Waals surface area contributed by atoms with Crippen molar-refractivity contribution in [3.63, 3.8) is 0 Å². The third-order valence-corrected chi connectivity index (χ3v) is 5.93. The van der Waals surface area contributed by atoms with Crippen molar-refractivity contribution in [3.05, 3.63) is 70.2 Å². The Bertz CT molecular complexity index is 839. The minimum absolute atomic E-state index is 0.0562. The smallest absolute Gasteiger partial charge is 0.242 e. The molecule has 0 unspecified atom stereocenters. The Hall–Kier alpha value is -1.98. The summed E-state index contributed by atoms with van der Waals surface area (Å²) in [6.45, 7) is 8.86. The third kappa shape index (κ3) is 8.04. The average molecular weight is 447 g/mol. The lowest BCUT2D eigenvalue weighted by molar-refractivity contribution is -0.138. The zero-order chi connectivity index (χ0) is 22.1. The second kappa shape index (κ2) is 12.0. The van der Waals surface area contributed by atoms with Gasteiger partial charge in [0.2, 0.25) is 11.8 Å². The van der Waals surface area contributed by atoms with E-state index in [1.165, 1.54) is 11.1 Å². The molecule has 2 amide bonds. The lowest BCUT2D eigenvalue weighted by Gasteiger charge is -2.29. The molecule has 0 aromatic heterocycles. The summed E-state index contributed by atoms with van der Waals surface area (Å²) in [4.78, 5) is 27.3. The highest BCUT2D eigenvalue weighted by atomic mass is 35.5. The van der Waals surface area contributed by atoms with Gasteiger partial charge in [-0.05, 0) is 43.0 Å². The molecule has 0 heterocycles. The Morgan fingerprint density at radius 3 is 2.40 bits per heavy atom. The van der Waals surface area contributed by atoms with Crippen molar-refractivity contribution >= 4 is 35.2 Å². The molecule has 2 aromatic rings. The first-order chi connectivity index (χ1) is 14.3. The number of carbonyl (C=O) groups excluding carboxylic acids is 2. The summed E-state index contributed by atoms with van der Waals surface area (Å²) in [6, 6.07) is 15.2. The number of thioether (sulfide) groups is 1. The van der Waals surface area contributed by atoms with Gasteiger partial charge in [-0.1, -0.05) is 67.4 Å². The lowest BCUT2D eigenvalue weighted by Crippen LogP contribution is -2.48. The van der Waals surface area contributed by atoms with Gasteiger partial charge >= 0.3 is 0 Å². The van der Waals surface area contributed by atoms with Crippen LogP contribution in [0.5, 0.6) is 0 Å². The van der Waals surface area contributed by atoms with Gasteiger partial charge in [0.25, 0.3) is 0 Å². The zero-order valence-corrected chi connectivity index (χ0v) is 19.7. The van der Waals surface area contributed by atoms with E-state index in [1.54, 1.807) is 29.7 Å². The van der Waals surface area contributed by atoms with E-state index in [9.17, 15) is 9.59 Å². The molecule has 0 fully saturated rings. The normalized spacial score (nSPS) is 11.9. The first-order valence-corrected chi connectivity index (χ1v) is 11.7. The highest BCUT2D eigenvalue weighted by molar-refractivity contribution is 7.99. The fraction of sp³-hybridized carbons (Fsp3) is 0.417. The van der Waals surface area contributed by atoms with Gasteiger partial charge in [0.1, 0.15) is 6.04 Å². The molecule has 4 nitrogen and oxygen atoms in total. The summed E-state index contributed by atoms with van der Waals surface area (Å²) in [5.41, 5.74) is 3.30. The van der Waals surface area contributed by atoms with Crippen molar-refractivity contribution in [1.29, 1.82) is 0 Å². The molecule has 1 atom stereocenters. The Morgan fingerprint density at radius 2 is 1.77 bits per heavy atom. The van der Waals surface area contributed by atoms with Crippen LogP contribution in [0, 0.1) is 12.8 Å². The number of carbonyl (C=O) groups is 2. The minimum atomic E-state index is -0.560. The Balaban J connectivity index is 2.05. The van der Waals surface area contributed by atoms with E-state index in [0.29, 0.717) is 29.8 Å². The Kier molecular flexibility index (Phi) is 9.73. The van der Waals surface area contributed by atoms with Gasteiger partial charge < -0.3 is 10.2 Å². The molecule has 0 spiro atoms. The molecule has 2 rings (SSSR count). The minimum Gasteiger partial charge on any atom is -0.354 e. The van der Waals surface area contributed by atoms with Crippen LogP contribution >= 0.6 is 23.4 Å². The van der Waals surface area contributed by atoms with Crippen LogP contribution in [-0.2, 0) is 21.9 Å². The summed E-state index contributed by atoms with van der Waals surface area (Å²) >= 11 is 7.67. The maximum absolute atomic E-state index is 13.1. The standard InChI is InChI=1S/C24H31ClN2O2S/c1-17(2)13-26-24(29)19(4)27(14-21-6-5-7-22(25)12-21)23(28)16-30-15-20-10-8-18(3)9-11-20/h5-12,17,19H,13-16H2,1-4H3,(H,26,29)/t19-/m1/s1. The molecule has 0 saturated heterocycles. The number of aryl methyl sites for hydroxylation is 1. The molecule has 1 N–H and O–H groups in total. The summed E-state index contributed by atoms with van der Waals surface area (Å²) in [7, 11) is 0. The highest BCUT2D eigenvalue weighted by Crippen LogP contribution is 2.18. The molecular formula is C24H31ClN2O2S. The molecule has 0 radical (unpaired) electrons. The fourth-order valence-corrected chi connectivity index (χ4v) is 3.97. The largest absolute Gasteiger partial charge is 0.354 e. The number of benzene rings is 2. The van der Waals surface area contributed by atoms with Gasteiger partial charge in [-0.2, -0.15) is 0 Å². The summed E-state index contributed by atoms with van der Waals surface area (Å²) in [5, 5.41) is 3.55. The SMILES string of the molecule is Cc1ccc(CSCC(=O)N(Cc2cccc(Cl)c2)[C@H](C)C(=O)NCC(C)C)cc1. The van der Waals surface area contributed by atoms with Crippen LogP contribution in [-0.4, -0.2) is 35.1 Å². The molecule has 0 aliphatic rings. The molecule has 162 valence electrons. The Morgan fingerprint density at radius 1 is 1.07 bits per heavy atom. The van der Waals surface area contributed by atoms with Crippen LogP contribution in [0.4, 0.5) is 0 Å². The number of rotatable bonds is 10. The lowest BCUT2D eigenvalue weighted by atomic mass is 10.1. The van der Waals surface area contributed by atoms with Crippen LogP contribution in [0.15, 0.2) is 48.5 Å². The molecule has 2 aromatic carbocycles. The maximum atomic E-state index is 13.1. The summed E-state index contributed by atoms with van der Waals surface area (Å²) in [6.07, 6.45) is 0. The van der Waals surface area contributed by atoms with Gasteiger partial charge in [0, 0.05) is 23.9 Å².